The highest BCUT2D eigenvalue weighted by Gasteiger charge is 2.12. The van der Waals surface area contributed by atoms with Gasteiger partial charge in [0.1, 0.15) is 22.2 Å². The molecule has 2 aromatic heterocycles. The van der Waals surface area contributed by atoms with Crippen LogP contribution in [-0.2, 0) is 19.4 Å². The van der Waals surface area contributed by atoms with Crippen molar-refractivity contribution in [3.05, 3.63) is 82.5 Å². The van der Waals surface area contributed by atoms with E-state index in [4.69, 9.17) is 14.7 Å². The fourth-order valence-electron chi connectivity index (χ4n) is 3.11. The number of nitrogens with one attached hydrogen (secondary N) is 1. The maximum atomic E-state index is 5.24. The van der Waals surface area contributed by atoms with E-state index in [0.717, 1.165) is 40.5 Å². The van der Waals surface area contributed by atoms with Crippen molar-refractivity contribution in [3.63, 3.8) is 0 Å². The Morgan fingerprint density at radius 1 is 0.964 bits per heavy atom. The van der Waals surface area contributed by atoms with Gasteiger partial charge in [0.2, 0.25) is 0 Å². The molecule has 0 saturated heterocycles. The van der Waals surface area contributed by atoms with E-state index in [2.05, 4.69) is 54.7 Å². The predicted molar refractivity (Wildman–Crippen MR) is 116 cm³/mol. The van der Waals surface area contributed by atoms with Crippen molar-refractivity contribution >= 4 is 27.4 Å². The van der Waals surface area contributed by atoms with E-state index in [-0.39, 0.29) is 0 Å². The van der Waals surface area contributed by atoms with Gasteiger partial charge in [0.15, 0.2) is 0 Å². The van der Waals surface area contributed by atoms with Crippen LogP contribution in [0.15, 0.2) is 60.7 Å². The number of fused-ring (bicyclic) bond motifs is 1. The Morgan fingerprint density at radius 3 is 2.46 bits per heavy atom. The Kier molecular flexibility index (Phi) is 5.53. The maximum Gasteiger partial charge on any atom is 0.138 e. The quantitative estimate of drug-likeness (QED) is 0.456. The Bertz CT molecular complexity index is 1060. The lowest BCUT2D eigenvalue weighted by Gasteiger charge is -2.10. The van der Waals surface area contributed by atoms with Crippen molar-refractivity contribution in [3.8, 4) is 5.75 Å². The van der Waals surface area contributed by atoms with E-state index in [1.54, 1.807) is 18.4 Å². The molecule has 4 nitrogen and oxygen atoms in total. The van der Waals surface area contributed by atoms with Gasteiger partial charge in [-0.15, -0.1) is 11.3 Å². The zero-order valence-electron chi connectivity index (χ0n) is 16.1. The van der Waals surface area contributed by atoms with Gasteiger partial charge < -0.3 is 10.1 Å². The summed E-state index contributed by atoms with van der Waals surface area (Å²) in [7, 11) is 1.68. The first kappa shape index (κ1) is 18.4. The fourth-order valence-corrected chi connectivity index (χ4v) is 4.10. The van der Waals surface area contributed by atoms with Crippen molar-refractivity contribution in [1.29, 1.82) is 0 Å². The molecule has 0 atom stereocenters. The zero-order valence-corrected chi connectivity index (χ0v) is 16.9. The predicted octanol–water partition coefficient (Wildman–Crippen LogP) is 5.47. The van der Waals surface area contributed by atoms with Crippen LogP contribution in [0, 0.1) is 0 Å². The molecule has 0 unspecified atom stereocenters. The molecule has 0 radical (unpaired) electrons. The summed E-state index contributed by atoms with van der Waals surface area (Å²) in [5.41, 5.74) is 2.40. The first-order valence-corrected chi connectivity index (χ1v) is 10.3. The van der Waals surface area contributed by atoms with E-state index in [1.807, 2.05) is 18.2 Å². The van der Waals surface area contributed by atoms with Crippen LogP contribution in [0.1, 0.15) is 28.8 Å². The lowest BCUT2D eigenvalue weighted by Crippen LogP contribution is -2.05. The third-order valence-electron chi connectivity index (χ3n) is 4.66. The number of thiophene rings is 1. The Morgan fingerprint density at radius 2 is 1.75 bits per heavy atom. The van der Waals surface area contributed by atoms with Gasteiger partial charge in [0.25, 0.3) is 0 Å². The number of aromatic nitrogens is 2. The molecule has 4 rings (SSSR count). The number of rotatable bonds is 7. The fraction of sp³-hybridized carbons (Fsp3) is 0.217. The first-order valence-electron chi connectivity index (χ1n) is 9.45. The van der Waals surface area contributed by atoms with Crippen LogP contribution in [0.4, 0.5) is 5.82 Å². The van der Waals surface area contributed by atoms with Crippen LogP contribution >= 0.6 is 11.3 Å². The minimum Gasteiger partial charge on any atom is -0.497 e. The van der Waals surface area contributed by atoms with E-state index in [0.29, 0.717) is 6.54 Å². The third kappa shape index (κ3) is 4.15. The Hall–Kier alpha value is -2.92. The minimum atomic E-state index is 0.707. The summed E-state index contributed by atoms with van der Waals surface area (Å²) in [5.74, 6) is 2.62. The number of benzene rings is 2. The number of ether oxygens (including phenoxy) is 1. The van der Waals surface area contributed by atoms with Gasteiger partial charge in [0.05, 0.1) is 12.5 Å². The van der Waals surface area contributed by atoms with Gasteiger partial charge >= 0.3 is 0 Å². The summed E-state index contributed by atoms with van der Waals surface area (Å²) in [4.78, 5) is 12.1. The van der Waals surface area contributed by atoms with Gasteiger partial charge in [-0.05, 0) is 35.7 Å². The van der Waals surface area contributed by atoms with Crippen LogP contribution in [0.2, 0.25) is 0 Å². The molecule has 1 N–H and O–H groups in total. The Balaban J connectivity index is 1.63. The molecule has 0 fully saturated rings. The molecule has 28 heavy (non-hydrogen) atoms. The van der Waals surface area contributed by atoms with Crippen molar-refractivity contribution in [2.24, 2.45) is 0 Å². The molecule has 2 aromatic carbocycles. The molecule has 0 aliphatic carbocycles. The normalized spacial score (nSPS) is 10.9. The van der Waals surface area contributed by atoms with Gasteiger partial charge in [-0.25, -0.2) is 9.97 Å². The van der Waals surface area contributed by atoms with Crippen LogP contribution in [0.5, 0.6) is 5.75 Å². The van der Waals surface area contributed by atoms with Crippen LogP contribution in [-0.4, -0.2) is 17.1 Å². The molecule has 0 aliphatic rings. The number of nitrogens with zero attached hydrogens (tertiary/aromatic N) is 2. The smallest absolute Gasteiger partial charge is 0.138 e. The van der Waals surface area contributed by atoms with E-state index in [1.165, 1.54) is 16.0 Å². The third-order valence-corrected chi connectivity index (χ3v) is 5.84. The summed E-state index contributed by atoms with van der Waals surface area (Å²) in [5, 5.41) is 4.62. The summed E-state index contributed by atoms with van der Waals surface area (Å²) >= 11 is 1.76. The van der Waals surface area contributed by atoms with Crippen molar-refractivity contribution in [1.82, 2.24) is 9.97 Å². The molecule has 0 saturated carbocycles. The first-order chi connectivity index (χ1) is 13.7. The van der Waals surface area contributed by atoms with Crippen molar-refractivity contribution in [2.45, 2.75) is 26.3 Å². The van der Waals surface area contributed by atoms with Crippen LogP contribution < -0.4 is 10.1 Å². The largest absolute Gasteiger partial charge is 0.497 e. The molecule has 0 aliphatic heterocycles. The molecular formula is C23H23N3OS. The van der Waals surface area contributed by atoms with Gasteiger partial charge in [-0.3, -0.25) is 0 Å². The summed E-state index contributed by atoms with van der Waals surface area (Å²) < 4.78 is 5.24. The number of hydrogen-bond donors (Lipinski definition) is 1. The lowest BCUT2D eigenvalue weighted by molar-refractivity contribution is 0.414. The molecular weight excluding hydrogens is 366 g/mol. The molecule has 2 heterocycles. The van der Waals surface area contributed by atoms with Crippen LogP contribution in [0.3, 0.4) is 0 Å². The standard InChI is InChI=1S/C23H23N3OS/c1-3-19-14-20-22(24-15-17-9-11-18(27-2)12-10-17)25-21(26-23(20)28-19)13-16-7-5-4-6-8-16/h4-12,14H,3,13,15H2,1-2H3,(H,24,25,26). The molecule has 5 heteroatoms. The highest BCUT2D eigenvalue weighted by atomic mass is 32.1. The van der Waals surface area contributed by atoms with E-state index in [9.17, 15) is 0 Å². The average molecular weight is 390 g/mol. The molecule has 142 valence electrons. The number of methoxy groups -OCH3 is 1. The second-order valence-corrected chi connectivity index (χ2v) is 7.75. The van der Waals surface area contributed by atoms with E-state index < -0.39 is 0 Å². The zero-order chi connectivity index (χ0) is 19.3. The second-order valence-electron chi connectivity index (χ2n) is 6.64. The summed E-state index contributed by atoms with van der Waals surface area (Å²) in [6.07, 6.45) is 1.74. The molecule has 4 aromatic rings. The SMILES string of the molecule is CCc1cc2c(NCc3ccc(OC)cc3)nc(Cc3ccccc3)nc2s1. The van der Waals surface area contributed by atoms with Gasteiger partial charge in [0, 0.05) is 17.8 Å². The van der Waals surface area contributed by atoms with Gasteiger partial charge in [-0.2, -0.15) is 0 Å². The maximum absolute atomic E-state index is 5.24. The highest BCUT2D eigenvalue weighted by molar-refractivity contribution is 7.18. The topological polar surface area (TPSA) is 47.0 Å². The molecule has 0 spiro atoms. The monoisotopic (exact) mass is 389 g/mol. The number of anilines is 1. The molecule has 0 bridgehead atoms. The molecule has 0 amide bonds. The average Bonchev–Trinajstić information content (AvgIpc) is 3.16. The van der Waals surface area contributed by atoms with E-state index >= 15 is 0 Å². The van der Waals surface area contributed by atoms with Gasteiger partial charge in [-0.1, -0.05) is 49.4 Å². The van der Waals surface area contributed by atoms with Crippen molar-refractivity contribution < 1.29 is 4.74 Å². The van der Waals surface area contributed by atoms with Crippen LogP contribution in [0.25, 0.3) is 10.2 Å². The second kappa shape index (κ2) is 8.40. The summed E-state index contributed by atoms with van der Waals surface area (Å²) in [6, 6.07) is 20.7. The minimum absolute atomic E-state index is 0.707. The Labute approximate surface area is 169 Å². The highest BCUT2D eigenvalue weighted by Crippen LogP contribution is 2.30. The van der Waals surface area contributed by atoms with Crippen molar-refractivity contribution in [2.75, 3.05) is 12.4 Å². The summed E-state index contributed by atoms with van der Waals surface area (Å²) in [6.45, 7) is 2.88. The number of aryl methyl sites for hydroxylation is 1. The number of hydrogen-bond acceptors (Lipinski definition) is 5. The lowest BCUT2D eigenvalue weighted by atomic mass is 10.1.